The zero-order chi connectivity index (χ0) is 43.5. The first-order valence-electron chi connectivity index (χ1n) is 26.5. The topological polar surface area (TPSA) is 76.1 Å². The van der Waals surface area contributed by atoms with Crippen molar-refractivity contribution in [1.29, 1.82) is 0 Å². The second-order valence-electron chi connectivity index (χ2n) is 18.8. The molecule has 0 heterocycles. The standard InChI is InChI=1S/C53H105NO5/c1-7-13-17-25-35-49(36-26-18-14-8-2)47-51(55)58-45-33-23-21-29-39-53(57,41-31-32-44-54(42-11-5)43-12-6)40-30-22-24-34-46-59-52(56)48-50(37-27-19-15-9-3)38-28-20-16-10-4/h49-50,57H,7-48H2,1-6H3. The van der Waals surface area contributed by atoms with Crippen molar-refractivity contribution in [3.05, 3.63) is 0 Å². The molecule has 0 aromatic heterocycles. The first kappa shape index (κ1) is 57.9. The molecule has 0 radical (unpaired) electrons. The van der Waals surface area contributed by atoms with Crippen molar-refractivity contribution < 1.29 is 24.2 Å². The van der Waals surface area contributed by atoms with Crippen LogP contribution in [0.5, 0.6) is 0 Å². The second kappa shape index (κ2) is 43.5. The summed E-state index contributed by atoms with van der Waals surface area (Å²) in [6.07, 6.45) is 41.3. The molecule has 0 rings (SSSR count). The molecular weight excluding hydrogens is 731 g/mol. The van der Waals surface area contributed by atoms with Crippen LogP contribution in [-0.2, 0) is 19.1 Å². The van der Waals surface area contributed by atoms with E-state index < -0.39 is 5.60 Å². The molecule has 0 aliphatic rings. The Bertz CT molecular complexity index is 809. The van der Waals surface area contributed by atoms with Gasteiger partial charge in [0.25, 0.3) is 0 Å². The first-order chi connectivity index (χ1) is 28.8. The average Bonchev–Trinajstić information content (AvgIpc) is 3.22. The number of hydrogen-bond acceptors (Lipinski definition) is 6. The van der Waals surface area contributed by atoms with Crippen LogP contribution in [0.1, 0.15) is 279 Å². The van der Waals surface area contributed by atoms with Crippen molar-refractivity contribution in [3.8, 4) is 0 Å². The number of hydrogen-bond donors (Lipinski definition) is 1. The van der Waals surface area contributed by atoms with Gasteiger partial charge in [-0.15, -0.1) is 0 Å². The summed E-state index contributed by atoms with van der Waals surface area (Å²) in [5, 5.41) is 11.9. The lowest BCUT2D eigenvalue weighted by Crippen LogP contribution is -2.30. The molecule has 0 amide bonds. The summed E-state index contributed by atoms with van der Waals surface area (Å²) < 4.78 is 11.5. The summed E-state index contributed by atoms with van der Waals surface area (Å²) in [5.41, 5.74) is -0.605. The Kier molecular flexibility index (Phi) is 42.7. The smallest absolute Gasteiger partial charge is 0.306 e. The maximum absolute atomic E-state index is 12.8. The Morgan fingerprint density at radius 2 is 0.729 bits per heavy atom. The largest absolute Gasteiger partial charge is 0.466 e. The van der Waals surface area contributed by atoms with E-state index in [-0.39, 0.29) is 11.9 Å². The van der Waals surface area contributed by atoms with Gasteiger partial charge in [-0.25, -0.2) is 0 Å². The number of rotatable bonds is 47. The van der Waals surface area contributed by atoms with E-state index in [1.54, 1.807) is 0 Å². The molecule has 0 saturated heterocycles. The highest BCUT2D eigenvalue weighted by Crippen LogP contribution is 2.29. The van der Waals surface area contributed by atoms with Gasteiger partial charge in [0, 0.05) is 12.8 Å². The monoisotopic (exact) mass is 836 g/mol. The molecule has 0 unspecified atom stereocenters. The molecule has 0 aromatic rings. The third kappa shape index (κ3) is 38.3. The van der Waals surface area contributed by atoms with E-state index in [0.717, 1.165) is 116 Å². The highest BCUT2D eigenvalue weighted by Gasteiger charge is 2.25. The van der Waals surface area contributed by atoms with Gasteiger partial charge in [-0.2, -0.15) is 0 Å². The van der Waals surface area contributed by atoms with Crippen molar-refractivity contribution in [2.24, 2.45) is 11.8 Å². The summed E-state index contributed by atoms with van der Waals surface area (Å²) in [6, 6.07) is 0. The number of unbranched alkanes of at least 4 members (excludes halogenated alkanes) is 19. The normalized spacial score (nSPS) is 12.0. The Balaban J connectivity index is 4.74. The minimum atomic E-state index is -0.605. The van der Waals surface area contributed by atoms with Gasteiger partial charge in [-0.05, 0) is 115 Å². The van der Waals surface area contributed by atoms with Crippen LogP contribution in [0.2, 0.25) is 0 Å². The number of nitrogens with zero attached hydrogens (tertiary/aromatic N) is 1. The Morgan fingerprint density at radius 3 is 1.07 bits per heavy atom. The maximum Gasteiger partial charge on any atom is 0.306 e. The number of carbonyl (C=O) groups is 2. The number of esters is 2. The van der Waals surface area contributed by atoms with Crippen LogP contribution >= 0.6 is 0 Å². The van der Waals surface area contributed by atoms with Crippen molar-refractivity contribution in [3.63, 3.8) is 0 Å². The highest BCUT2D eigenvalue weighted by atomic mass is 16.5. The summed E-state index contributed by atoms with van der Waals surface area (Å²) in [7, 11) is 0. The number of aliphatic hydroxyl groups is 1. The van der Waals surface area contributed by atoms with E-state index >= 15 is 0 Å². The molecule has 1 N–H and O–H groups in total. The fraction of sp³-hybridized carbons (Fsp3) is 0.962. The molecule has 352 valence electrons. The molecule has 0 fully saturated rings. The van der Waals surface area contributed by atoms with E-state index in [0.29, 0.717) is 37.9 Å². The van der Waals surface area contributed by atoms with Crippen molar-refractivity contribution >= 4 is 11.9 Å². The highest BCUT2D eigenvalue weighted by molar-refractivity contribution is 5.70. The molecule has 0 saturated carbocycles. The molecule has 0 spiro atoms. The molecule has 0 aliphatic carbocycles. The van der Waals surface area contributed by atoms with Crippen molar-refractivity contribution in [1.82, 2.24) is 4.90 Å². The second-order valence-corrected chi connectivity index (χ2v) is 18.8. The molecule has 6 nitrogen and oxygen atoms in total. The fourth-order valence-corrected chi connectivity index (χ4v) is 9.05. The van der Waals surface area contributed by atoms with Gasteiger partial charge in [0.1, 0.15) is 0 Å². The van der Waals surface area contributed by atoms with E-state index in [1.165, 1.54) is 129 Å². The van der Waals surface area contributed by atoms with Gasteiger partial charge in [0.05, 0.1) is 18.8 Å². The Morgan fingerprint density at radius 1 is 0.407 bits per heavy atom. The Hall–Kier alpha value is -1.14. The predicted octanol–water partition coefficient (Wildman–Crippen LogP) is 15.9. The molecule has 59 heavy (non-hydrogen) atoms. The van der Waals surface area contributed by atoms with Gasteiger partial charge in [-0.1, -0.05) is 183 Å². The van der Waals surface area contributed by atoms with Gasteiger partial charge < -0.3 is 19.5 Å². The molecule has 0 atom stereocenters. The predicted molar refractivity (Wildman–Crippen MR) is 255 cm³/mol. The van der Waals surface area contributed by atoms with Crippen LogP contribution in [-0.4, -0.2) is 60.4 Å². The third-order valence-corrected chi connectivity index (χ3v) is 12.8. The van der Waals surface area contributed by atoms with E-state index in [9.17, 15) is 14.7 Å². The fourth-order valence-electron chi connectivity index (χ4n) is 9.05. The molecular formula is C53H105NO5. The van der Waals surface area contributed by atoms with Crippen LogP contribution < -0.4 is 0 Å². The van der Waals surface area contributed by atoms with Gasteiger partial charge in [0.15, 0.2) is 0 Å². The number of ether oxygens (including phenoxy) is 2. The van der Waals surface area contributed by atoms with Gasteiger partial charge in [-0.3, -0.25) is 9.59 Å². The summed E-state index contributed by atoms with van der Waals surface area (Å²) in [4.78, 5) is 28.1. The van der Waals surface area contributed by atoms with Crippen LogP contribution in [0.15, 0.2) is 0 Å². The van der Waals surface area contributed by atoms with Crippen LogP contribution in [0, 0.1) is 11.8 Å². The lowest BCUT2D eigenvalue weighted by Gasteiger charge is -2.29. The van der Waals surface area contributed by atoms with Crippen LogP contribution in [0.3, 0.4) is 0 Å². The minimum absolute atomic E-state index is 0.0000641. The quantitative estimate of drug-likeness (QED) is 0.0486. The molecule has 6 heteroatoms. The van der Waals surface area contributed by atoms with E-state index in [1.807, 2.05) is 0 Å². The maximum atomic E-state index is 12.8. The zero-order valence-corrected chi connectivity index (χ0v) is 40.9. The van der Waals surface area contributed by atoms with Gasteiger partial charge in [0.2, 0.25) is 0 Å². The van der Waals surface area contributed by atoms with E-state index in [4.69, 9.17) is 9.47 Å². The summed E-state index contributed by atoms with van der Waals surface area (Å²) in [5.74, 6) is 0.954. The minimum Gasteiger partial charge on any atom is -0.466 e. The van der Waals surface area contributed by atoms with Crippen molar-refractivity contribution in [2.75, 3.05) is 32.8 Å². The lowest BCUT2D eigenvalue weighted by atomic mass is 9.85. The van der Waals surface area contributed by atoms with Crippen LogP contribution in [0.4, 0.5) is 0 Å². The van der Waals surface area contributed by atoms with Crippen molar-refractivity contribution in [2.45, 2.75) is 285 Å². The molecule has 0 aromatic carbocycles. The Labute approximate surface area is 369 Å². The SMILES string of the molecule is CCCCCCC(CCCCCC)CC(=O)OCCCCCCC(O)(CCCCCCOC(=O)CC(CCCCCC)CCCCCC)CCCCN(CCC)CCC. The lowest BCUT2D eigenvalue weighted by molar-refractivity contribution is -0.146. The van der Waals surface area contributed by atoms with Gasteiger partial charge >= 0.3 is 11.9 Å². The summed E-state index contributed by atoms with van der Waals surface area (Å²) in [6.45, 7) is 18.1. The average molecular weight is 836 g/mol. The number of carbonyl (C=O) groups excluding carboxylic acids is 2. The molecule has 0 aliphatic heterocycles. The van der Waals surface area contributed by atoms with E-state index in [2.05, 4.69) is 46.4 Å². The van der Waals surface area contributed by atoms with Crippen LogP contribution in [0.25, 0.3) is 0 Å². The molecule has 0 bridgehead atoms. The zero-order valence-electron chi connectivity index (χ0n) is 40.9. The first-order valence-corrected chi connectivity index (χ1v) is 26.5. The summed E-state index contributed by atoms with van der Waals surface area (Å²) >= 11 is 0. The third-order valence-electron chi connectivity index (χ3n) is 12.8.